The fraction of sp³-hybridized carbons (Fsp3) is 0.440. The second kappa shape index (κ2) is 8.99. The SMILES string of the molecule is C[C@@H]1Cc2nn3c(c2CN1C(=O)c1ccc(Cl)c(Cl)c1)C(=O)N([C@@H](C)C1N=CC=CN1C)C[C@H]3C. The van der Waals surface area contributed by atoms with E-state index in [1.54, 1.807) is 29.3 Å². The fourth-order valence-electron chi connectivity index (χ4n) is 5.24. The average Bonchev–Trinajstić information content (AvgIpc) is 3.21. The molecule has 1 aromatic heterocycles. The molecule has 0 saturated heterocycles. The highest BCUT2D eigenvalue weighted by Crippen LogP contribution is 2.34. The van der Waals surface area contributed by atoms with Gasteiger partial charge < -0.3 is 14.7 Å². The smallest absolute Gasteiger partial charge is 0.272 e. The zero-order chi connectivity index (χ0) is 25.0. The molecule has 0 N–H and O–H groups in total. The van der Waals surface area contributed by atoms with E-state index in [1.807, 2.05) is 47.7 Å². The van der Waals surface area contributed by atoms with Gasteiger partial charge in [0.1, 0.15) is 11.9 Å². The van der Waals surface area contributed by atoms with Crippen molar-refractivity contribution in [2.75, 3.05) is 13.6 Å². The Balaban J connectivity index is 1.46. The van der Waals surface area contributed by atoms with Crippen LogP contribution in [0.5, 0.6) is 0 Å². The van der Waals surface area contributed by atoms with Gasteiger partial charge in [0, 0.05) is 49.6 Å². The second-order valence-corrected chi connectivity index (χ2v) is 10.4. The normalized spacial score (nSPS) is 24.5. The summed E-state index contributed by atoms with van der Waals surface area (Å²) in [5, 5.41) is 5.57. The van der Waals surface area contributed by atoms with Crippen LogP contribution in [0.1, 0.15) is 58.9 Å². The molecule has 2 amide bonds. The molecule has 3 aliphatic heterocycles. The summed E-state index contributed by atoms with van der Waals surface area (Å²) < 4.78 is 1.85. The van der Waals surface area contributed by atoms with Crippen LogP contribution in [-0.4, -0.2) is 74.4 Å². The minimum absolute atomic E-state index is 0.0127. The zero-order valence-electron chi connectivity index (χ0n) is 20.2. The van der Waals surface area contributed by atoms with Gasteiger partial charge in [-0.25, -0.2) is 0 Å². The Bertz CT molecular complexity index is 1250. The molecule has 1 aromatic carbocycles. The Kier molecular flexibility index (Phi) is 6.13. The third-order valence-corrected chi connectivity index (χ3v) is 7.94. The van der Waals surface area contributed by atoms with Crippen LogP contribution in [0.3, 0.4) is 0 Å². The third-order valence-electron chi connectivity index (χ3n) is 7.20. The first kappa shape index (κ1) is 23.9. The van der Waals surface area contributed by atoms with Gasteiger partial charge in [-0.1, -0.05) is 23.2 Å². The summed E-state index contributed by atoms with van der Waals surface area (Å²) in [4.78, 5) is 37.5. The maximum atomic E-state index is 13.8. The maximum absolute atomic E-state index is 13.8. The number of allylic oxidation sites excluding steroid dienone is 1. The van der Waals surface area contributed by atoms with E-state index in [2.05, 4.69) is 11.9 Å². The monoisotopic (exact) mass is 514 g/mol. The molecule has 2 aromatic rings. The van der Waals surface area contributed by atoms with Gasteiger partial charge in [-0.15, -0.1) is 0 Å². The van der Waals surface area contributed by atoms with Crippen molar-refractivity contribution in [1.82, 2.24) is 24.5 Å². The number of nitrogens with zero attached hydrogens (tertiary/aromatic N) is 6. The number of aliphatic imine (C=N–C) groups is 1. The first-order valence-corrected chi connectivity index (χ1v) is 12.5. The molecule has 0 bridgehead atoms. The molecule has 10 heteroatoms. The van der Waals surface area contributed by atoms with Crippen LogP contribution < -0.4 is 0 Å². The van der Waals surface area contributed by atoms with E-state index >= 15 is 0 Å². The van der Waals surface area contributed by atoms with E-state index < -0.39 is 0 Å². The average molecular weight is 515 g/mol. The summed E-state index contributed by atoms with van der Waals surface area (Å²) in [5.41, 5.74) is 2.75. The molecule has 0 spiro atoms. The van der Waals surface area contributed by atoms with Crippen molar-refractivity contribution in [3.63, 3.8) is 0 Å². The van der Waals surface area contributed by atoms with Crippen LogP contribution in [0, 0.1) is 0 Å². The van der Waals surface area contributed by atoms with E-state index in [1.165, 1.54) is 0 Å². The van der Waals surface area contributed by atoms with E-state index in [4.69, 9.17) is 28.3 Å². The summed E-state index contributed by atoms with van der Waals surface area (Å²) in [6, 6.07) is 4.71. The molecule has 184 valence electrons. The Morgan fingerprint density at radius 2 is 1.94 bits per heavy atom. The molecule has 5 rings (SSSR count). The van der Waals surface area contributed by atoms with E-state index in [9.17, 15) is 9.59 Å². The van der Waals surface area contributed by atoms with Crippen LogP contribution in [0.25, 0.3) is 0 Å². The highest BCUT2D eigenvalue weighted by atomic mass is 35.5. The Morgan fingerprint density at radius 3 is 2.66 bits per heavy atom. The van der Waals surface area contributed by atoms with E-state index in [0.717, 1.165) is 11.3 Å². The van der Waals surface area contributed by atoms with Gasteiger partial charge in [0.15, 0.2) is 0 Å². The number of aromatic nitrogens is 2. The minimum atomic E-state index is -0.158. The lowest BCUT2D eigenvalue weighted by molar-refractivity contribution is 0.0485. The van der Waals surface area contributed by atoms with Crippen molar-refractivity contribution in [2.24, 2.45) is 4.99 Å². The summed E-state index contributed by atoms with van der Waals surface area (Å²) in [6.45, 7) is 6.97. The van der Waals surface area contributed by atoms with Gasteiger partial charge in [0.25, 0.3) is 11.8 Å². The highest BCUT2D eigenvalue weighted by Gasteiger charge is 2.42. The number of benzene rings is 1. The molecular formula is C25H28Cl2N6O2. The molecule has 35 heavy (non-hydrogen) atoms. The molecule has 0 aliphatic carbocycles. The zero-order valence-corrected chi connectivity index (χ0v) is 21.7. The minimum Gasteiger partial charge on any atom is -0.357 e. The molecular weight excluding hydrogens is 487 g/mol. The molecule has 0 saturated carbocycles. The summed E-state index contributed by atoms with van der Waals surface area (Å²) >= 11 is 12.2. The lowest BCUT2D eigenvalue weighted by Crippen LogP contribution is -2.54. The fourth-order valence-corrected chi connectivity index (χ4v) is 5.54. The maximum Gasteiger partial charge on any atom is 0.272 e. The van der Waals surface area contributed by atoms with Crippen molar-refractivity contribution >= 4 is 41.2 Å². The predicted molar refractivity (Wildman–Crippen MR) is 136 cm³/mol. The van der Waals surface area contributed by atoms with Crippen molar-refractivity contribution < 1.29 is 9.59 Å². The van der Waals surface area contributed by atoms with Crippen molar-refractivity contribution in [3.05, 3.63) is 63.0 Å². The molecule has 3 aliphatic rings. The van der Waals surface area contributed by atoms with Gasteiger partial charge in [-0.2, -0.15) is 5.10 Å². The number of carbonyl (C=O) groups excluding carboxylic acids is 2. The quantitative estimate of drug-likeness (QED) is 0.619. The lowest BCUT2D eigenvalue weighted by Gasteiger charge is -2.41. The van der Waals surface area contributed by atoms with Gasteiger partial charge in [-0.05, 0) is 45.0 Å². The summed E-state index contributed by atoms with van der Waals surface area (Å²) in [6.07, 6.45) is 6.05. The largest absolute Gasteiger partial charge is 0.357 e. The van der Waals surface area contributed by atoms with Gasteiger partial charge >= 0.3 is 0 Å². The third kappa shape index (κ3) is 4.02. The number of hydrogen-bond donors (Lipinski definition) is 0. The van der Waals surface area contributed by atoms with E-state index in [0.29, 0.717) is 40.8 Å². The number of fused-ring (bicyclic) bond motifs is 3. The molecule has 0 fully saturated rings. The number of carbonyl (C=O) groups is 2. The second-order valence-electron chi connectivity index (χ2n) is 9.60. The van der Waals surface area contributed by atoms with Crippen LogP contribution in [-0.2, 0) is 13.0 Å². The molecule has 4 heterocycles. The van der Waals surface area contributed by atoms with Crippen molar-refractivity contribution in [3.8, 4) is 0 Å². The molecule has 4 atom stereocenters. The van der Waals surface area contributed by atoms with Crippen LogP contribution >= 0.6 is 23.2 Å². The van der Waals surface area contributed by atoms with Gasteiger partial charge in [0.05, 0.1) is 34.4 Å². The summed E-state index contributed by atoms with van der Waals surface area (Å²) in [5.74, 6) is -0.216. The van der Waals surface area contributed by atoms with Gasteiger partial charge in [0.2, 0.25) is 0 Å². The standard InChI is InChI=1S/C25H28Cl2N6O2/c1-14-10-21-18(13-31(14)24(34)17-6-7-19(26)20(27)11-17)22-25(35)32(12-15(2)33(22)29-21)16(3)23-28-8-5-9-30(23)4/h5-9,11,14-16,23H,10,12-13H2,1-4H3/t14-,15-,16+,23?/m1/s1. The molecule has 1 unspecified atom stereocenters. The molecule has 0 radical (unpaired) electrons. The Hall–Kier alpha value is -2.84. The van der Waals surface area contributed by atoms with Crippen LogP contribution in [0.4, 0.5) is 0 Å². The van der Waals surface area contributed by atoms with Crippen LogP contribution in [0.15, 0.2) is 35.5 Å². The first-order chi connectivity index (χ1) is 16.7. The lowest BCUT2D eigenvalue weighted by atomic mass is 9.97. The Morgan fingerprint density at radius 1 is 1.17 bits per heavy atom. The number of halogens is 2. The predicted octanol–water partition coefficient (Wildman–Crippen LogP) is 4.04. The summed E-state index contributed by atoms with van der Waals surface area (Å²) in [7, 11) is 1.96. The Labute approximate surface area is 214 Å². The van der Waals surface area contributed by atoms with Crippen molar-refractivity contribution in [2.45, 2.75) is 58.0 Å². The number of amides is 2. The number of hydrogen-bond acceptors (Lipinski definition) is 5. The molecule has 8 nitrogen and oxygen atoms in total. The van der Waals surface area contributed by atoms with Crippen LogP contribution in [0.2, 0.25) is 10.0 Å². The first-order valence-electron chi connectivity index (χ1n) is 11.8. The topological polar surface area (TPSA) is 74.0 Å². The number of rotatable bonds is 3. The van der Waals surface area contributed by atoms with Gasteiger partial charge in [-0.3, -0.25) is 19.3 Å². The number of likely N-dealkylation sites (N-methyl/N-ethyl adjacent to an activating group) is 1. The van der Waals surface area contributed by atoms with Crippen molar-refractivity contribution in [1.29, 1.82) is 0 Å². The van der Waals surface area contributed by atoms with E-state index in [-0.39, 0.29) is 36.1 Å². The highest BCUT2D eigenvalue weighted by molar-refractivity contribution is 6.42.